The molecule has 0 fully saturated rings. The fourth-order valence-electron chi connectivity index (χ4n) is 2.35. The topological polar surface area (TPSA) is 114 Å². The molecule has 0 saturated heterocycles. The van der Waals surface area contributed by atoms with E-state index in [1.807, 2.05) is 12.1 Å². The van der Waals surface area contributed by atoms with Crippen molar-refractivity contribution in [2.24, 2.45) is 4.99 Å². The zero-order valence-electron chi connectivity index (χ0n) is 13.5. The molecule has 0 atom stereocenters. The molecule has 1 heterocycles. The third-order valence-corrected chi connectivity index (χ3v) is 4.23. The molecule has 0 radical (unpaired) electrons. The van der Waals surface area contributed by atoms with Crippen LogP contribution in [0.15, 0.2) is 56.7 Å². The maximum atomic E-state index is 12.6. The molecule has 0 amide bonds. The van der Waals surface area contributed by atoms with Crippen LogP contribution < -0.4 is 5.56 Å². The lowest BCUT2D eigenvalue weighted by atomic mass is 10.2. The molecule has 0 aliphatic carbocycles. The lowest BCUT2D eigenvalue weighted by Crippen LogP contribution is -2.17. The third kappa shape index (κ3) is 3.42. The van der Waals surface area contributed by atoms with Crippen molar-refractivity contribution < 1.29 is 10.0 Å². The van der Waals surface area contributed by atoms with Gasteiger partial charge in [0.25, 0.3) is 11.2 Å². The molecule has 0 aliphatic rings. The van der Waals surface area contributed by atoms with Gasteiger partial charge in [0.2, 0.25) is 0 Å². The van der Waals surface area contributed by atoms with Gasteiger partial charge in [0.15, 0.2) is 0 Å². The zero-order valence-corrected chi connectivity index (χ0v) is 15.1. The van der Waals surface area contributed by atoms with Gasteiger partial charge in [-0.25, -0.2) is 4.68 Å². The molecule has 2 aromatic carbocycles. The van der Waals surface area contributed by atoms with E-state index < -0.39 is 4.92 Å². The number of phenols is 1. The van der Waals surface area contributed by atoms with Crippen molar-refractivity contribution in [2.45, 2.75) is 6.92 Å². The summed E-state index contributed by atoms with van der Waals surface area (Å²) in [6, 6.07) is 10.8. The van der Waals surface area contributed by atoms with E-state index in [0.29, 0.717) is 16.9 Å². The number of hydrogen-bond donors (Lipinski definition) is 2. The summed E-state index contributed by atoms with van der Waals surface area (Å²) >= 11 is 3.34. The number of rotatable bonds is 4. The van der Waals surface area contributed by atoms with Crippen LogP contribution in [0.1, 0.15) is 11.3 Å². The molecule has 0 spiro atoms. The number of aryl methyl sites for hydroxylation is 1. The van der Waals surface area contributed by atoms with Crippen LogP contribution in [0.5, 0.6) is 5.75 Å². The number of benzene rings is 2. The van der Waals surface area contributed by atoms with Crippen LogP contribution in [0.2, 0.25) is 0 Å². The summed E-state index contributed by atoms with van der Waals surface area (Å²) in [5.41, 5.74) is 1.19. The van der Waals surface area contributed by atoms with Gasteiger partial charge in [-0.15, -0.1) is 0 Å². The van der Waals surface area contributed by atoms with Gasteiger partial charge in [0, 0.05) is 22.4 Å². The first-order chi connectivity index (χ1) is 12.4. The average Bonchev–Trinajstić information content (AvgIpc) is 2.89. The number of nitro benzene ring substituents is 1. The van der Waals surface area contributed by atoms with Crippen molar-refractivity contribution in [2.75, 3.05) is 0 Å². The Bertz CT molecular complexity index is 1070. The number of H-pyrrole nitrogens is 1. The van der Waals surface area contributed by atoms with Gasteiger partial charge < -0.3 is 5.11 Å². The molecule has 1 aromatic heterocycles. The van der Waals surface area contributed by atoms with Gasteiger partial charge in [-0.2, -0.15) is 0 Å². The van der Waals surface area contributed by atoms with Gasteiger partial charge >= 0.3 is 0 Å². The summed E-state index contributed by atoms with van der Waals surface area (Å²) in [5.74, 6) is -0.336. The Morgan fingerprint density at radius 3 is 2.58 bits per heavy atom. The van der Waals surface area contributed by atoms with E-state index in [-0.39, 0.29) is 22.7 Å². The number of aromatic amines is 1. The quantitative estimate of drug-likeness (QED) is 0.384. The summed E-state index contributed by atoms with van der Waals surface area (Å²) < 4.78 is 2.28. The number of aromatic hydroxyl groups is 1. The second-order valence-corrected chi connectivity index (χ2v) is 6.37. The van der Waals surface area contributed by atoms with Crippen molar-refractivity contribution in [3.05, 3.63) is 78.7 Å². The maximum Gasteiger partial charge on any atom is 0.280 e. The van der Waals surface area contributed by atoms with Crippen LogP contribution in [-0.2, 0) is 0 Å². The number of halogens is 1. The summed E-state index contributed by atoms with van der Waals surface area (Å²) in [5, 5.41) is 23.5. The van der Waals surface area contributed by atoms with Gasteiger partial charge in [0.1, 0.15) is 11.4 Å². The molecule has 3 rings (SSSR count). The van der Waals surface area contributed by atoms with E-state index in [4.69, 9.17) is 0 Å². The fourth-order valence-corrected chi connectivity index (χ4v) is 2.62. The highest BCUT2D eigenvalue weighted by Gasteiger charge is 2.12. The van der Waals surface area contributed by atoms with E-state index in [2.05, 4.69) is 26.0 Å². The standard InChI is InChI=1S/C17H13BrN4O4/c1-10-14(9-19-15-7-6-13(22(25)26)8-16(15)23)17(24)21(20-10)12-4-2-11(18)3-5-12/h2-9,20,23H,1H3. The highest BCUT2D eigenvalue weighted by Crippen LogP contribution is 2.30. The monoisotopic (exact) mass is 416 g/mol. The average molecular weight is 417 g/mol. The number of aliphatic imine (C=N–C) groups is 1. The maximum absolute atomic E-state index is 12.6. The van der Waals surface area contributed by atoms with Crippen molar-refractivity contribution >= 4 is 33.5 Å². The van der Waals surface area contributed by atoms with Crippen molar-refractivity contribution in [1.29, 1.82) is 0 Å². The minimum atomic E-state index is -0.611. The molecule has 2 N–H and O–H groups in total. The largest absolute Gasteiger partial charge is 0.505 e. The predicted octanol–water partition coefficient (Wildman–Crippen LogP) is 3.60. The highest BCUT2D eigenvalue weighted by molar-refractivity contribution is 9.10. The molecule has 0 unspecified atom stereocenters. The normalized spacial score (nSPS) is 11.2. The van der Waals surface area contributed by atoms with E-state index in [9.17, 15) is 20.0 Å². The van der Waals surface area contributed by atoms with Crippen LogP contribution in [0.25, 0.3) is 5.69 Å². The number of nitro groups is 1. The Balaban J connectivity index is 1.96. The Hall–Kier alpha value is -3.20. The number of phenolic OH excluding ortho intramolecular Hbond substituents is 1. The van der Waals surface area contributed by atoms with Crippen LogP contribution in [0.4, 0.5) is 11.4 Å². The number of nitrogens with one attached hydrogen (secondary N) is 1. The molecule has 3 aromatic rings. The number of hydrogen-bond acceptors (Lipinski definition) is 5. The van der Waals surface area contributed by atoms with Crippen molar-refractivity contribution in [1.82, 2.24) is 9.78 Å². The van der Waals surface area contributed by atoms with Crippen LogP contribution in [-0.4, -0.2) is 26.0 Å². The second kappa shape index (κ2) is 6.96. The first kappa shape index (κ1) is 17.6. The Morgan fingerprint density at radius 1 is 1.27 bits per heavy atom. The minimum absolute atomic E-state index is 0.130. The van der Waals surface area contributed by atoms with Crippen LogP contribution in [0, 0.1) is 17.0 Å². The molecule has 0 saturated carbocycles. The smallest absolute Gasteiger partial charge is 0.280 e. The van der Waals surface area contributed by atoms with Crippen LogP contribution >= 0.6 is 15.9 Å². The van der Waals surface area contributed by atoms with Crippen molar-refractivity contribution in [3.8, 4) is 11.4 Å². The number of nitrogens with zero attached hydrogens (tertiary/aromatic N) is 3. The summed E-state index contributed by atoms with van der Waals surface area (Å²) in [6.45, 7) is 1.73. The molecular formula is C17H13BrN4O4. The first-order valence-corrected chi connectivity index (χ1v) is 8.25. The van der Waals surface area contributed by atoms with E-state index >= 15 is 0 Å². The molecule has 9 heteroatoms. The molecule has 8 nitrogen and oxygen atoms in total. The SMILES string of the molecule is Cc1[nH]n(-c2ccc(Br)cc2)c(=O)c1C=Nc1ccc([N+](=O)[O-])cc1O. The molecule has 0 bridgehead atoms. The second-order valence-electron chi connectivity index (χ2n) is 5.46. The number of non-ortho nitro benzene ring substituents is 1. The fraction of sp³-hybridized carbons (Fsp3) is 0.0588. The van der Waals surface area contributed by atoms with Crippen LogP contribution in [0.3, 0.4) is 0 Å². The zero-order chi connectivity index (χ0) is 18.8. The predicted molar refractivity (Wildman–Crippen MR) is 101 cm³/mol. The van der Waals surface area contributed by atoms with E-state index in [0.717, 1.165) is 10.5 Å². The first-order valence-electron chi connectivity index (χ1n) is 7.46. The summed E-state index contributed by atoms with van der Waals surface area (Å²) in [7, 11) is 0. The van der Waals surface area contributed by atoms with Gasteiger partial charge in [-0.3, -0.25) is 25.0 Å². The van der Waals surface area contributed by atoms with Gasteiger partial charge in [-0.1, -0.05) is 15.9 Å². The third-order valence-electron chi connectivity index (χ3n) is 3.70. The summed E-state index contributed by atoms with van der Waals surface area (Å²) in [6.07, 6.45) is 1.32. The lowest BCUT2D eigenvalue weighted by Gasteiger charge is -2.00. The van der Waals surface area contributed by atoms with Gasteiger partial charge in [0.05, 0.1) is 22.2 Å². The minimum Gasteiger partial charge on any atom is -0.505 e. The van der Waals surface area contributed by atoms with E-state index in [1.54, 1.807) is 19.1 Å². The molecule has 26 heavy (non-hydrogen) atoms. The van der Waals surface area contributed by atoms with Crippen molar-refractivity contribution in [3.63, 3.8) is 0 Å². The Morgan fingerprint density at radius 2 is 1.96 bits per heavy atom. The molecule has 132 valence electrons. The lowest BCUT2D eigenvalue weighted by molar-refractivity contribution is -0.384. The molecule has 0 aliphatic heterocycles. The van der Waals surface area contributed by atoms with E-state index in [1.165, 1.54) is 23.0 Å². The Kier molecular flexibility index (Phi) is 4.72. The molecular weight excluding hydrogens is 404 g/mol. The summed E-state index contributed by atoms with van der Waals surface area (Å²) in [4.78, 5) is 26.8. The number of aromatic nitrogens is 2. The van der Waals surface area contributed by atoms with Gasteiger partial charge in [-0.05, 0) is 37.3 Å². The highest BCUT2D eigenvalue weighted by atomic mass is 79.9. The Labute approximate surface area is 155 Å².